The van der Waals surface area contributed by atoms with Gasteiger partial charge in [0.1, 0.15) is 0 Å². The molecule has 1 aromatic rings. The maximum atomic E-state index is 11.6. The summed E-state index contributed by atoms with van der Waals surface area (Å²) in [6.07, 6.45) is 1.73. The SMILES string of the molecule is CCCCOC(=O)c1cc(N)cc(B(O)O)c1. The van der Waals surface area contributed by atoms with Crippen molar-refractivity contribution in [2.75, 3.05) is 12.3 Å². The lowest BCUT2D eigenvalue weighted by atomic mass is 9.79. The summed E-state index contributed by atoms with van der Waals surface area (Å²) >= 11 is 0. The van der Waals surface area contributed by atoms with Gasteiger partial charge >= 0.3 is 13.1 Å². The molecule has 0 aliphatic heterocycles. The number of nitrogen functional groups attached to an aromatic ring is 1. The van der Waals surface area contributed by atoms with E-state index in [1.165, 1.54) is 18.2 Å². The predicted octanol–water partition coefficient (Wildman–Crippen LogP) is -0.0945. The van der Waals surface area contributed by atoms with E-state index in [9.17, 15) is 4.79 Å². The third kappa shape index (κ3) is 4.09. The smallest absolute Gasteiger partial charge is 0.462 e. The fraction of sp³-hybridized carbons (Fsp3) is 0.364. The number of carbonyl (C=O) groups is 1. The Morgan fingerprint density at radius 3 is 2.71 bits per heavy atom. The number of esters is 1. The van der Waals surface area contributed by atoms with Gasteiger partial charge in [0, 0.05) is 5.69 Å². The van der Waals surface area contributed by atoms with E-state index in [-0.39, 0.29) is 16.7 Å². The van der Waals surface area contributed by atoms with Gasteiger partial charge in [0.25, 0.3) is 0 Å². The lowest BCUT2D eigenvalue weighted by molar-refractivity contribution is 0.0500. The molecule has 0 radical (unpaired) electrons. The first-order valence-corrected chi connectivity index (χ1v) is 5.48. The number of nitrogens with two attached hydrogens (primary N) is 1. The molecular weight excluding hydrogens is 221 g/mol. The van der Waals surface area contributed by atoms with Gasteiger partial charge in [0.15, 0.2) is 0 Å². The highest BCUT2D eigenvalue weighted by Gasteiger charge is 2.15. The molecule has 0 fully saturated rings. The van der Waals surface area contributed by atoms with E-state index in [0.29, 0.717) is 6.61 Å². The van der Waals surface area contributed by atoms with Crippen LogP contribution in [-0.2, 0) is 4.74 Å². The Balaban J connectivity index is 2.79. The second kappa shape index (κ2) is 6.27. The average Bonchev–Trinajstić information content (AvgIpc) is 2.28. The lowest BCUT2D eigenvalue weighted by Gasteiger charge is -2.07. The summed E-state index contributed by atoms with van der Waals surface area (Å²) in [5, 5.41) is 18.0. The molecule has 0 bridgehead atoms. The maximum Gasteiger partial charge on any atom is 0.488 e. The Labute approximate surface area is 100 Å². The van der Waals surface area contributed by atoms with E-state index in [0.717, 1.165) is 12.8 Å². The first kappa shape index (κ1) is 13.5. The monoisotopic (exact) mass is 237 g/mol. The number of hydrogen-bond donors (Lipinski definition) is 3. The molecule has 17 heavy (non-hydrogen) atoms. The zero-order chi connectivity index (χ0) is 12.8. The third-order valence-corrected chi connectivity index (χ3v) is 2.24. The first-order valence-electron chi connectivity index (χ1n) is 5.48. The summed E-state index contributed by atoms with van der Waals surface area (Å²) < 4.78 is 5.00. The molecule has 6 heteroatoms. The summed E-state index contributed by atoms with van der Waals surface area (Å²) in [6.45, 7) is 2.34. The van der Waals surface area contributed by atoms with Gasteiger partial charge in [-0.1, -0.05) is 13.3 Å². The molecule has 92 valence electrons. The van der Waals surface area contributed by atoms with Crippen molar-refractivity contribution in [1.29, 1.82) is 0 Å². The molecule has 0 heterocycles. The van der Waals surface area contributed by atoms with Crippen molar-refractivity contribution >= 4 is 24.2 Å². The summed E-state index contributed by atoms with van der Waals surface area (Å²) in [5.74, 6) is -0.507. The van der Waals surface area contributed by atoms with Crippen molar-refractivity contribution in [3.63, 3.8) is 0 Å². The number of benzene rings is 1. The van der Waals surface area contributed by atoms with Gasteiger partial charge in [0.05, 0.1) is 12.2 Å². The number of hydrogen-bond acceptors (Lipinski definition) is 5. The Kier molecular flexibility index (Phi) is 4.99. The average molecular weight is 237 g/mol. The molecule has 0 aliphatic rings. The number of anilines is 1. The number of ether oxygens (including phenoxy) is 1. The molecule has 1 rings (SSSR count). The molecular formula is C11H16BNO4. The Morgan fingerprint density at radius 2 is 2.12 bits per heavy atom. The third-order valence-electron chi connectivity index (χ3n) is 2.24. The molecule has 0 unspecified atom stereocenters. The van der Waals surface area contributed by atoms with Crippen molar-refractivity contribution in [3.8, 4) is 0 Å². The van der Waals surface area contributed by atoms with Crippen LogP contribution in [0.1, 0.15) is 30.1 Å². The molecule has 4 N–H and O–H groups in total. The molecule has 0 saturated carbocycles. The summed E-state index contributed by atoms with van der Waals surface area (Å²) in [4.78, 5) is 11.6. The largest absolute Gasteiger partial charge is 0.488 e. The van der Waals surface area contributed by atoms with Crippen LogP contribution in [0.4, 0.5) is 5.69 Å². The molecule has 0 saturated heterocycles. The highest BCUT2D eigenvalue weighted by Crippen LogP contribution is 2.07. The van der Waals surface area contributed by atoms with Gasteiger partial charge in [-0.2, -0.15) is 0 Å². The highest BCUT2D eigenvalue weighted by molar-refractivity contribution is 6.58. The fourth-order valence-corrected chi connectivity index (χ4v) is 1.34. The Morgan fingerprint density at radius 1 is 1.41 bits per heavy atom. The zero-order valence-electron chi connectivity index (χ0n) is 9.72. The molecule has 5 nitrogen and oxygen atoms in total. The van der Waals surface area contributed by atoms with Crippen LogP contribution >= 0.6 is 0 Å². The minimum absolute atomic E-state index is 0.174. The van der Waals surface area contributed by atoms with Crippen LogP contribution in [0.3, 0.4) is 0 Å². The van der Waals surface area contributed by atoms with Crippen LogP contribution in [0.5, 0.6) is 0 Å². The van der Waals surface area contributed by atoms with Crippen LogP contribution in [0, 0.1) is 0 Å². The van der Waals surface area contributed by atoms with Gasteiger partial charge in [-0.15, -0.1) is 0 Å². The zero-order valence-corrected chi connectivity index (χ0v) is 9.72. The van der Waals surface area contributed by atoms with Gasteiger partial charge in [-0.05, 0) is 30.1 Å². The van der Waals surface area contributed by atoms with Gasteiger partial charge < -0.3 is 20.5 Å². The Hall–Kier alpha value is -1.53. The predicted molar refractivity (Wildman–Crippen MR) is 65.9 cm³/mol. The molecule has 1 aromatic carbocycles. The van der Waals surface area contributed by atoms with Crippen LogP contribution in [0.15, 0.2) is 18.2 Å². The standard InChI is InChI=1S/C11H16BNO4/c1-2-3-4-17-11(14)8-5-9(12(15)16)7-10(13)6-8/h5-7,15-16H,2-4,13H2,1H3. The van der Waals surface area contributed by atoms with Crippen LogP contribution in [0.2, 0.25) is 0 Å². The van der Waals surface area contributed by atoms with E-state index in [4.69, 9.17) is 20.5 Å². The second-order valence-corrected chi connectivity index (χ2v) is 3.75. The van der Waals surface area contributed by atoms with Gasteiger partial charge in [-0.3, -0.25) is 0 Å². The van der Waals surface area contributed by atoms with Crippen LogP contribution < -0.4 is 11.2 Å². The second-order valence-electron chi connectivity index (χ2n) is 3.75. The van der Waals surface area contributed by atoms with E-state index in [2.05, 4.69) is 0 Å². The van der Waals surface area contributed by atoms with Crippen molar-refractivity contribution in [3.05, 3.63) is 23.8 Å². The van der Waals surface area contributed by atoms with Crippen molar-refractivity contribution in [2.45, 2.75) is 19.8 Å². The van der Waals surface area contributed by atoms with E-state index >= 15 is 0 Å². The van der Waals surface area contributed by atoms with E-state index in [1.54, 1.807) is 0 Å². The number of carbonyl (C=O) groups excluding carboxylic acids is 1. The van der Waals surface area contributed by atoms with Crippen molar-refractivity contribution < 1.29 is 19.6 Å². The van der Waals surface area contributed by atoms with Crippen LogP contribution in [-0.4, -0.2) is 29.7 Å². The van der Waals surface area contributed by atoms with E-state index in [1.807, 2.05) is 6.92 Å². The molecule has 0 aromatic heterocycles. The topological polar surface area (TPSA) is 92.8 Å². The summed E-state index contributed by atoms with van der Waals surface area (Å²) in [6, 6.07) is 4.20. The maximum absolute atomic E-state index is 11.6. The van der Waals surface area contributed by atoms with E-state index < -0.39 is 13.1 Å². The number of rotatable bonds is 5. The highest BCUT2D eigenvalue weighted by atomic mass is 16.5. The normalized spacial score (nSPS) is 10.1. The van der Waals surface area contributed by atoms with Gasteiger partial charge in [-0.25, -0.2) is 4.79 Å². The van der Waals surface area contributed by atoms with Gasteiger partial charge in [0.2, 0.25) is 0 Å². The summed E-state index contributed by atoms with van der Waals surface area (Å²) in [7, 11) is -1.65. The first-order chi connectivity index (χ1) is 8.04. The summed E-state index contributed by atoms with van der Waals surface area (Å²) in [5.41, 5.74) is 6.25. The molecule has 0 spiro atoms. The lowest BCUT2D eigenvalue weighted by Crippen LogP contribution is -2.31. The minimum Gasteiger partial charge on any atom is -0.462 e. The Bertz CT molecular complexity index is 395. The van der Waals surface area contributed by atoms with Crippen molar-refractivity contribution in [1.82, 2.24) is 0 Å². The van der Waals surface area contributed by atoms with Crippen LogP contribution in [0.25, 0.3) is 0 Å². The minimum atomic E-state index is -1.65. The number of unbranched alkanes of at least 4 members (excludes halogenated alkanes) is 1. The van der Waals surface area contributed by atoms with Crippen molar-refractivity contribution in [2.24, 2.45) is 0 Å². The fourth-order valence-electron chi connectivity index (χ4n) is 1.34. The molecule has 0 amide bonds. The molecule has 0 aliphatic carbocycles. The molecule has 0 atom stereocenters. The quantitative estimate of drug-likeness (QED) is 0.288.